The molecule has 1 aromatic rings. The Labute approximate surface area is 114 Å². The molecule has 1 N–H and O–H groups in total. The third-order valence-corrected chi connectivity index (χ3v) is 4.11. The van der Waals surface area contributed by atoms with Gasteiger partial charge in [-0.2, -0.15) is 8.78 Å². The minimum Gasteiger partial charge on any atom is -0.311 e. The highest BCUT2D eigenvalue weighted by Crippen LogP contribution is 2.29. The average Bonchev–Trinajstić information content (AvgIpc) is 2.42. The van der Waals surface area contributed by atoms with Gasteiger partial charge < -0.3 is 5.32 Å². The van der Waals surface area contributed by atoms with Crippen molar-refractivity contribution in [2.75, 3.05) is 13.1 Å². The zero-order valence-corrected chi connectivity index (χ0v) is 11.5. The third-order valence-electron chi connectivity index (χ3n) is 4.11. The number of hydrogen-bond acceptors (Lipinski definition) is 1. The molecule has 2 rings (SSSR count). The number of nitrogens with one attached hydrogen (secondary N) is 1. The van der Waals surface area contributed by atoms with Gasteiger partial charge in [0.15, 0.2) is 0 Å². The fourth-order valence-corrected chi connectivity index (χ4v) is 2.75. The van der Waals surface area contributed by atoms with Crippen LogP contribution < -0.4 is 5.32 Å². The van der Waals surface area contributed by atoms with Gasteiger partial charge in [0, 0.05) is 5.56 Å². The standard InChI is InChI=1S/C16H23F2N/c1-13-7-9-14(10-8-13)11-19-12-16(17,18)15-5-3-2-4-6-15/h2-6,13-14,19H,7-12H2,1H3. The highest BCUT2D eigenvalue weighted by atomic mass is 19.3. The zero-order chi connectivity index (χ0) is 13.7. The van der Waals surface area contributed by atoms with Crippen molar-refractivity contribution in [1.29, 1.82) is 0 Å². The van der Waals surface area contributed by atoms with Gasteiger partial charge in [-0.15, -0.1) is 0 Å². The highest BCUT2D eigenvalue weighted by Gasteiger charge is 2.31. The summed E-state index contributed by atoms with van der Waals surface area (Å²) < 4.78 is 27.8. The maximum Gasteiger partial charge on any atom is 0.285 e. The van der Waals surface area contributed by atoms with E-state index in [4.69, 9.17) is 0 Å². The molecule has 1 nitrogen and oxygen atoms in total. The summed E-state index contributed by atoms with van der Waals surface area (Å²) >= 11 is 0. The Kier molecular flexibility index (Phi) is 4.92. The van der Waals surface area contributed by atoms with Crippen molar-refractivity contribution in [2.24, 2.45) is 11.8 Å². The first-order valence-electron chi connectivity index (χ1n) is 7.22. The summed E-state index contributed by atoms with van der Waals surface area (Å²) in [6.45, 7) is 2.73. The van der Waals surface area contributed by atoms with Crippen molar-refractivity contribution in [3.63, 3.8) is 0 Å². The Morgan fingerprint density at radius 3 is 2.37 bits per heavy atom. The molecule has 0 heterocycles. The minimum atomic E-state index is -2.77. The van der Waals surface area contributed by atoms with Crippen LogP contribution in [-0.2, 0) is 5.92 Å². The minimum absolute atomic E-state index is 0.0970. The van der Waals surface area contributed by atoms with E-state index in [2.05, 4.69) is 12.2 Å². The van der Waals surface area contributed by atoms with Crippen LogP contribution in [0.25, 0.3) is 0 Å². The van der Waals surface area contributed by atoms with E-state index >= 15 is 0 Å². The molecule has 0 radical (unpaired) electrons. The topological polar surface area (TPSA) is 12.0 Å². The Hall–Kier alpha value is -0.960. The second kappa shape index (κ2) is 6.47. The predicted octanol–water partition coefficient (Wildman–Crippen LogP) is 4.19. The number of rotatable bonds is 5. The summed E-state index contributed by atoms with van der Waals surface area (Å²) in [5.41, 5.74) is 0.0970. The Morgan fingerprint density at radius 1 is 1.11 bits per heavy atom. The normalized spacial score (nSPS) is 24.4. The molecule has 0 aromatic heterocycles. The molecule has 1 aromatic carbocycles. The summed E-state index contributed by atoms with van der Waals surface area (Å²) in [7, 11) is 0. The Bertz CT molecular complexity index is 370. The van der Waals surface area contributed by atoms with E-state index in [1.807, 2.05) is 0 Å². The number of halogens is 2. The van der Waals surface area contributed by atoms with Crippen molar-refractivity contribution < 1.29 is 8.78 Å². The van der Waals surface area contributed by atoms with E-state index in [0.29, 0.717) is 5.92 Å². The van der Waals surface area contributed by atoms with Gasteiger partial charge in [-0.1, -0.05) is 50.1 Å². The van der Waals surface area contributed by atoms with Gasteiger partial charge in [-0.05, 0) is 31.2 Å². The smallest absolute Gasteiger partial charge is 0.285 e. The molecule has 0 amide bonds. The van der Waals surface area contributed by atoms with Gasteiger partial charge in [0.05, 0.1) is 6.54 Å². The summed E-state index contributed by atoms with van der Waals surface area (Å²) in [5.74, 6) is -1.40. The molecule has 0 atom stereocenters. The second-order valence-electron chi connectivity index (χ2n) is 5.83. The van der Waals surface area contributed by atoms with Gasteiger partial charge >= 0.3 is 0 Å². The van der Waals surface area contributed by atoms with E-state index in [9.17, 15) is 8.78 Å². The lowest BCUT2D eigenvalue weighted by Crippen LogP contribution is -2.34. The van der Waals surface area contributed by atoms with Crippen LogP contribution in [-0.4, -0.2) is 13.1 Å². The lowest BCUT2D eigenvalue weighted by Gasteiger charge is -2.27. The largest absolute Gasteiger partial charge is 0.311 e. The Morgan fingerprint density at radius 2 is 1.74 bits per heavy atom. The summed E-state index contributed by atoms with van der Waals surface area (Å²) in [5, 5.41) is 2.96. The van der Waals surface area contributed by atoms with Gasteiger partial charge in [-0.3, -0.25) is 0 Å². The van der Waals surface area contributed by atoms with E-state index in [1.54, 1.807) is 18.2 Å². The molecule has 0 bridgehead atoms. The van der Waals surface area contributed by atoms with Crippen molar-refractivity contribution >= 4 is 0 Å². The fourth-order valence-electron chi connectivity index (χ4n) is 2.75. The van der Waals surface area contributed by atoms with E-state index in [0.717, 1.165) is 12.5 Å². The van der Waals surface area contributed by atoms with E-state index in [-0.39, 0.29) is 12.1 Å². The maximum absolute atomic E-state index is 13.9. The van der Waals surface area contributed by atoms with Crippen LogP contribution in [0.1, 0.15) is 38.2 Å². The number of alkyl halides is 2. The lowest BCUT2D eigenvalue weighted by atomic mass is 9.83. The molecule has 1 aliphatic rings. The van der Waals surface area contributed by atoms with Crippen LogP contribution in [0.3, 0.4) is 0 Å². The molecule has 1 saturated carbocycles. The predicted molar refractivity (Wildman–Crippen MR) is 74.3 cm³/mol. The molecule has 0 unspecified atom stereocenters. The SMILES string of the molecule is CC1CCC(CNCC(F)(F)c2ccccc2)CC1. The lowest BCUT2D eigenvalue weighted by molar-refractivity contribution is -0.00424. The second-order valence-corrected chi connectivity index (χ2v) is 5.83. The van der Waals surface area contributed by atoms with Gasteiger partial charge in [0.1, 0.15) is 0 Å². The van der Waals surface area contributed by atoms with Gasteiger partial charge in [0.25, 0.3) is 5.92 Å². The average molecular weight is 267 g/mol. The molecular formula is C16H23F2N. The fraction of sp³-hybridized carbons (Fsp3) is 0.625. The molecule has 0 aliphatic heterocycles. The number of benzene rings is 1. The van der Waals surface area contributed by atoms with E-state index < -0.39 is 5.92 Å². The van der Waals surface area contributed by atoms with Crippen LogP contribution in [0.5, 0.6) is 0 Å². The van der Waals surface area contributed by atoms with Crippen LogP contribution in [0.4, 0.5) is 8.78 Å². The summed E-state index contributed by atoms with van der Waals surface area (Å²) in [6.07, 6.45) is 4.82. The van der Waals surface area contributed by atoms with Crippen molar-refractivity contribution in [3.05, 3.63) is 35.9 Å². The molecule has 0 spiro atoms. The summed E-state index contributed by atoms with van der Waals surface area (Å²) in [4.78, 5) is 0. The van der Waals surface area contributed by atoms with Crippen molar-refractivity contribution in [2.45, 2.75) is 38.5 Å². The first kappa shape index (κ1) is 14.4. The summed E-state index contributed by atoms with van der Waals surface area (Å²) in [6, 6.07) is 8.06. The molecule has 19 heavy (non-hydrogen) atoms. The maximum atomic E-state index is 13.9. The van der Waals surface area contributed by atoms with Gasteiger partial charge in [-0.25, -0.2) is 0 Å². The molecule has 1 fully saturated rings. The van der Waals surface area contributed by atoms with Crippen LogP contribution in [0.15, 0.2) is 30.3 Å². The molecule has 106 valence electrons. The third kappa shape index (κ3) is 4.27. The molecule has 3 heteroatoms. The zero-order valence-electron chi connectivity index (χ0n) is 11.5. The molecule has 1 aliphatic carbocycles. The highest BCUT2D eigenvalue weighted by molar-refractivity contribution is 5.20. The van der Waals surface area contributed by atoms with Crippen LogP contribution in [0, 0.1) is 11.8 Å². The monoisotopic (exact) mass is 267 g/mol. The van der Waals surface area contributed by atoms with E-state index in [1.165, 1.54) is 37.8 Å². The van der Waals surface area contributed by atoms with Crippen molar-refractivity contribution in [1.82, 2.24) is 5.32 Å². The molecule has 0 saturated heterocycles. The van der Waals surface area contributed by atoms with Crippen LogP contribution in [0.2, 0.25) is 0 Å². The first-order valence-corrected chi connectivity index (χ1v) is 7.22. The first-order chi connectivity index (χ1) is 9.08. The van der Waals surface area contributed by atoms with Crippen molar-refractivity contribution in [3.8, 4) is 0 Å². The molecular weight excluding hydrogens is 244 g/mol. The Balaban J connectivity index is 1.76. The van der Waals surface area contributed by atoms with Crippen LogP contribution >= 0.6 is 0 Å². The quantitative estimate of drug-likeness (QED) is 0.843. The number of hydrogen-bond donors (Lipinski definition) is 1. The van der Waals surface area contributed by atoms with Gasteiger partial charge in [0.2, 0.25) is 0 Å².